The van der Waals surface area contributed by atoms with Gasteiger partial charge >= 0.3 is 0 Å². The van der Waals surface area contributed by atoms with E-state index in [1.807, 2.05) is 32.1 Å². The summed E-state index contributed by atoms with van der Waals surface area (Å²) in [7, 11) is 0. The average Bonchev–Trinajstić information content (AvgIpc) is 3.26. The van der Waals surface area contributed by atoms with E-state index < -0.39 is 0 Å². The minimum atomic E-state index is 0.202. The molecule has 10 nitrogen and oxygen atoms in total. The normalized spacial score (nSPS) is 24.8. The van der Waals surface area contributed by atoms with Crippen LogP contribution in [0.25, 0.3) is 6.08 Å². The van der Waals surface area contributed by atoms with Crippen LogP contribution in [-0.4, -0.2) is 86.8 Å². The maximum atomic E-state index is 13.3. The Morgan fingerprint density at radius 3 is 2.67 bits per heavy atom. The van der Waals surface area contributed by atoms with E-state index in [-0.39, 0.29) is 24.0 Å². The van der Waals surface area contributed by atoms with Gasteiger partial charge in [-0.2, -0.15) is 10.1 Å². The van der Waals surface area contributed by atoms with E-state index in [1.54, 1.807) is 0 Å². The van der Waals surface area contributed by atoms with Crippen LogP contribution in [0.2, 0.25) is 0 Å². The summed E-state index contributed by atoms with van der Waals surface area (Å²) >= 11 is 4.65. The van der Waals surface area contributed by atoms with E-state index in [0.717, 1.165) is 50.0 Å². The van der Waals surface area contributed by atoms with Gasteiger partial charge < -0.3 is 20.3 Å². The number of amides is 1. The molecule has 3 N–H and O–H groups in total. The fraction of sp³-hybridized carbons (Fsp3) is 0.600. The number of carbonyl (C=O) groups excluding carboxylic acids is 1. The maximum Gasteiger partial charge on any atom is 0.237 e. The Balaban J connectivity index is 1.29. The number of hydrogen-bond acceptors (Lipinski definition) is 9. The summed E-state index contributed by atoms with van der Waals surface area (Å²) in [6, 6.07) is 2.64. The lowest BCUT2D eigenvalue weighted by Gasteiger charge is -2.49. The molecular weight excluding hydrogens is 476 g/mol. The maximum absolute atomic E-state index is 13.3. The molecule has 3 aliphatic heterocycles. The molecule has 5 rings (SSSR count). The summed E-state index contributed by atoms with van der Waals surface area (Å²) in [5.74, 6) is 2.15. The highest BCUT2D eigenvalue weighted by Gasteiger charge is 2.41. The Labute approximate surface area is 217 Å². The minimum Gasteiger partial charge on any atom is -0.379 e. The van der Waals surface area contributed by atoms with Crippen molar-refractivity contribution in [1.29, 1.82) is 0 Å². The molecule has 2 aromatic rings. The highest BCUT2D eigenvalue weighted by atomic mass is 32.1. The number of thiol groups is 1. The number of fused-ring (bicyclic) bond motifs is 2. The smallest absolute Gasteiger partial charge is 0.237 e. The summed E-state index contributed by atoms with van der Waals surface area (Å²) < 4.78 is 5.44. The largest absolute Gasteiger partial charge is 0.379 e. The first-order chi connectivity index (χ1) is 17.5. The molecule has 0 saturated carbocycles. The SMILES string of the molecule is C/C=C\c1c(S)nc(N[C@@H]2C[C@H]3CCC[C@@H](C2)N3C(=O)CN2CCOCC2)nc1Nc1cc(C)[nH]n1. The fourth-order valence-electron chi connectivity index (χ4n) is 5.66. The number of nitrogens with one attached hydrogen (secondary N) is 3. The first-order valence-corrected chi connectivity index (χ1v) is 13.4. The van der Waals surface area contributed by atoms with E-state index in [2.05, 4.69) is 48.2 Å². The van der Waals surface area contributed by atoms with Crippen LogP contribution in [0.3, 0.4) is 0 Å². The highest BCUT2D eigenvalue weighted by Crippen LogP contribution is 2.36. The number of morpholine rings is 1. The van der Waals surface area contributed by atoms with Crippen LogP contribution >= 0.6 is 12.6 Å². The van der Waals surface area contributed by atoms with Crippen LogP contribution in [0.5, 0.6) is 0 Å². The van der Waals surface area contributed by atoms with Crippen LogP contribution < -0.4 is 10.6 Å². The van der Waals surface area contributed by atoms with Gasteiger partial charge in [0, 0.05) is 48.5 Å². The van der Waals surface area contributed by atoms with Crippen LogP contribution in [0.1, 0.15) is 50.3 Å². The molecule has 5 heterocycles. The predicted octanol–water partition coefficient (Wildman–Crippen LogP) is 3.23. The number of hydrogen-bond donors (Lipinski definition) is 4. The van der Waals surface area contributed by atoms with Gasteiger partial charge in [-0.15, -0.1) is 12.6 Å². The third-order valence-corrected chi connectivity index (χ3v) is 7.61. The van der Waals surface area contributed by atoms with Gasteiger partial charge in [-0.05, 0) is 46.0 Å². The molecule has 0 radical (unpaired) electrons. The molecule has 3 atom stereocenters. The molecule has 194 valence electrons. The predicted molar refractivity (Wildman–Crippen MR) is 143 cm³/mol. The van der Waals surface area contributed by atoms with Crippen molar-refractivity contribution in [3.63, 3.8) is 0 Å². The van der Waals surface area contributed by atoms with Crippen LogP contribution in [-0.2, 0) is 9.53 Å². The van der Waals surface area contributed by atoms with Gasteiger partial charge in [-0.25, -0.2) is 4.98 Å². The molecule has 3 saturated heterocycles. The summed E-state index contributed by atoms with van der Waals surface area (Å²) in [6.07, 6.45) is 8.95. The van der Waals surface area contributed by atoms with Crippen molar-refractivity contribution in [3.05, 3.63) is 23.4 Å². The zero-order valence-electron chi connectivity index (χ0n) is 21.0. The molecule has 3 aliphatic rings. The number of allylic oxidation sites excluding steroid dienone is 1. The van der Waals surface area contributed by atoms with Crippen molar-refractivity contribution in [2.24, 2.45) is 0 Å². The lowest BCUT2D eigenvalue weighted by Crippen LogP contribution is -2.59. The van der Waals surface area contributed by atoms with Crippen molar-refractivity contribution >= 4 is 42.2 Å². The number of H-pyrrole nitrogens is 1. The minimum absolute atomic E-state index is 0.202. The molecule has 0 aromatic carbocycles. The number of nitrogens with zero attached hydrogens (tertiary/aromatic N) is 5. The molecule has 2 aromatic heterocycles. The highest BCUT2D eigenvalue weighted by molar-refractivity contribution is 7.80. The van der Waals surface area contributed by atoms with E-state index in [0.29, 0.717) is 42.4 Å². The Bertz CT molecular complexity index is 1090. The lowest BCUT2D eigenvalue weighted by atomic mass is 9.81. The molecule has 11 heteroatoms. The standard InChI is InChI=1S/C25H36N8O2S/c1-3-5-20-23(27-21-12-16(2)30-31-21)28-25(29-24(20)36)26-17-13-18-6-4-7-19(14-17)33(18)22(34)15-32-8-10-35-11-9-32/h3,5,12,17-19H,4,6-11,13-15H2,1-2H3,(H4,26,27,28,29,30,31,36)/b5-3-/t17-,18-,19+. The number of aromatic nitrogens is 4. The van der Waals surface area contributed by atoms with E-state index >= 15 is 0 Å². The van der Waals surface area contributed by atoms with Gasteiger partial charge in [-0.3, -0.25) is 14.8 Å². The van der Waals surface area contributed by atoms with Crippen molar-refractivity contribution in [1.82, 2.24) is 30.0 Å². The monoisotopic (exact) mass is 512 g/mol. The molecule has 3 fully saturated rings. The fourth-order valence-corrected chi connectivity index (χ4v) is 5.94. The van der Waals surface area contributed by atoms with Crippen molar-refractivity contribution in [3.8, 4) is 0 Å². The first kappa shape index (κ1) is 25.0. The topological polar surface area (TPSA) is 111 Å². The molecule has 2 bridgehead atoms. The molecule has 36 heavy (non-hydrogen) atoms. The summed E-state index contributed by atoms with van der Waals surface area (Å²) in [5, 5.41) is 14.7. The summed E-state index contributed by atoms with van der Waals surface area (Å²) in [5.41, 5.74) is 1.78. The van der Waals surface area contributed by atoms with E-state index in [9.17, 15) is 4.79 Å². The molecule has 1 amide bonds. The lowest BCUT2D eigenvalue weighted by molar-refractivity contribution is -0.143. The second kappa shape index (κ2) is 11.2. The third-order valence-electron chi connectivity index (χ3n) is 7.27. The summed E-state index contributed by atoms with van der Waals surface area (Å²) in [4.78, 5) is 27.1. The van der Waals surface area contributed by atoms with Gasteiger partial charge in [0.1, 0.15) is 10.8 Å². The van der Waals surface area contributed by atoms with E-state index in [4.69, 9.17) is 9.72 Å². The number of carbonyl (C=O) groups is 1. The average molecular weight is 513 g/mol. The molecule has 0 unspecified atom stereocenters. The summed E-state index contributed by atoms with van der Waals surface area (Å²) in [6.45, 7) is 7.49. The van der Waals surface area contributed by atoms with Crippen LogP contribution in [0, 0.1) is 6.92 Å². The van der Waals surface area contributed by atoms with Gasteiger partial charge in [0.05, 0.1) is 19.8 Å². The second-order valence-electron chi connectivity index (χ2n) is 9.94. The van der Waals surface area contributed by atoms with Gasteiger partial charge in [-0.1, -0.05) is 12.2 Å². The Morgan fingerprint density at radius 2 is 2.00 bits per heavy atom. The first-order valence-electron chi connectivity index (χ1n) is 12.9. The Hall–Kier alpha value is -2.63. The Kier molecular flexibility index (Phi) is 7.78. The number of piperidine rings is 2. The number of ether oxygens (including phenoxy) is 1. The van der Waals surface area contributed by atoms with Crippen LogP contribution in [0.15, 0.2) is 17.2 Å². The van der Waals surface area contributed by atoms with Crippen LogP contribution in [0.4, 0.5) is 17.6 Å². The van der Waals surface area contributed by atoms with Crippen molar-refractivity contribution < 1.29 is 9.53 Å². The molecule has 0 spiro atoms. The quantitative estimate of drug-likeness (QED) is 0.331. The second-order valence-corrected chi connectivity index (χ2v) is 10.4. The number of aryl methyl sites for hydroxylation is 1. The van der Waals surface area contributed by atoms with E-state index in [1.165, 1.54) is 6.42 Å². The number of aromatic amines is 1. The zero-order chi connectivity index (χ0) is 25.1. The van der Waals surface area contributed by atoms with Gasteiger partial charge in [0.25, 0.3) is 0 Å². The van der Waals surface area contributed by atoms with Crippen molar-refractivity contribution in [2.75, 3.05) is 43.5 Å². The van der Waals surface area contributed by atoms with Crippen molar-refractivity contribution in [2.45, 2.75) is 69.1 Å². The Morgan fingerprint density at radius 1 is 1.25 bits per heavy atom. The zero-order valence-corrected chi connectivity index (χ0v) is 21.9. The van der Waals surface area contributed by atoms with Gasteiger partial charge in [0.15, 0.2) is 5.82 Å². The third kappa shape index (κ3) is 5.68. The number of anilines is 3. The molecule has 0 aliphatic carbocycles. The number of rotatable bonds is 7. The van der Waals surface area contributed by atoms with Gasteiger partial charge in [0.2, 0.25) is 11.9 Å². The molecular formula is C25H36N8O2S.